The van der Waals surface area contributed by atoms with Gasteiger partial charge < -0.3 is 10.2 Å². The van der Waals surface area contributed by atoms with Crippen LogP contribution in [-0.4, -0.2) is 23.3 Å². The van der Waals surface area contributed by atoms with Crippen molar-refractivity contribution in [3.63, 3.8) is 0 Å². The molecule has 0 aromatic rings. The second-order valence-corrected chi connectivity index (χ2v) is 4.68. The van der Waals surface area contributed by atoms with Gasteiger partial charge in [-0.05, 0) is 6.42 Å². The summed E-state index contributed by atoms with van der Waals surface area (Å²) in [7, 11) is 1.00. The van der Waals surface area contributed by atoms with Gasteiger partial charge in [0.15, 0.2) is 0 Å². The van der Waals surface area contributed by atoms with Gasteiger partial charge in [-0.1, -0.05) is 71.1 Å². The second kappa shape index (κ2) is 22.9. The van der Waals surface area contributed by atoms with Gasteiger partial charge in [-0.2, -0.15) is 0 Å². The van der Waals surface area contributed by atoms with Crippen molar-refractivity contribution in [2.45, 2.75) is 84.0 Å². The molecule has 0 aromatic carbocycles. The zero-order valence-electron chi connectivity index (χ0n) is 12.7. The van der Waals surface area contributed by atoms with E-state index in [1.54, 1.807) is 0 Å². The van der Waals surface area contributed by atoms with Gasteiger partial charge in [0.1, 0.15) is 0 Å². The van der Waals surface area contributed by atoms with Gasteiger partial charge in [-0.15, -0.1) is 12.4 Å². The van der Waals surface area contributed by atoms with E-state index in [1.807, 2.05) is 0 Å². The number of aliphatic hydroxyl groups is 1. The van der Waals surface area contributed by atoms with E-state index in [4.69, 9.17) is 10.2 Å². The summed E-state index contributed by atoms with van der Waals surface area (Å²) in [6.45, 7) is 2.25. The van der Waals surface area contributed by atoms with Crippen LogP contribution in [0, 0.1) is 0 Å². The van der Waals surface area contributed by atoms with E-state index in [9.17, 15) is 4.79 Å². The molecule has 3 nitrogen and oxygen atoms in total. The SMILES string of the molecule is CCCCCCCCCCCCCC(=O)O.CO.Cl. The topological polar surface area (TPSA) is 57.5 Å². The van der Waals surface area contributed by atoms with Crippen LogP contribution in [0.25, 0.3) is 0 Å². The van der Waals surface area contributed by atoms with E-state index in [1.165, 1.54) is 57.8 Å². The number of carboxylic acids is 1. The molecule has 0 aliphatic carbocycles. The minimum absolute atomic E-state index is 0. The lowest BCUT2D eigenvalue weighted by atomic mass is 10.1. The summed E-state index contributed by atoms with van der Waals surface area (Å²) in [6, 6.07) is 0. The molecule has 0 unspecified atom stereocenters. The van der Waals surface area contributed by atoms with E-state index in [-0.39, 0.29) is 12.4 Å². The van der Waals surface area contributed by atoms with Gasteiger partial charge in [0, 0.05) is 13.5 Å². The lowest BCUT2D eigenvalue weighted by Gasteiger charge is -2.01. The number of hydrogen-bond donors (Lipinski definition) is 2. The number of hydrogen-bond acceptors (Lipinski definition) is 2. The van der Waals surface area contributed by atoms with Gasteiger partial charge in [0.2, 0.25) is 0 Å². The number of carbonyl (C=O) groups is 1. The molecule has 0 fully saturated rings. The monoisotopic (exact) mass is 296 g/mol. The molecule has 0 atom stereocenters. The summed E-state index contributed by atoms with van der Waals surface area (Å²) >= 11 is 0. The van der Waals surface area contributed by atoms with Crippen LogP contribution in [-0.2, 0) is 4.79 Å². The van der Waals surface area contributed by atoms with E-state index < -0.39 is 5.97 Å². The fourth-order valence-electron chi connectivity index (χ4n) is 1.94. The minimum atomic E-state index is -0.657. The number of halogens is 1. The van der Waals surface area contributed by atoms with Crippen LogP contribution in [0.1, 0.15) is 84.0 Å². The molecule has 0 amide bonds. The Bertz CT molecular complexity index is 163. The normalized spacial score (nSPS) is 9.21. The predicted octanol–water partition coefficient (Wildman–Crippen LogP) is 4.80. The second-order valence-electron chi connectivity index (χ2n) is 4.68. The van der Waals surface area contributed by atoms with Crippen LogP contribution < -0.4 is 0 Å². The quantitative estimate of drug-likeness (QED) is 0.508. The molecule has 4 heteroatoms. The minimum Gasteiger partial charge on any atom is -0.481 e. The summed E-state index contributed by atoms with van der Waals surface area (Å²) in [4.78, 5) is 10.3. The smallest absolute Gasteiger partial charge is 0.303 e. The Balaban J connectivity index is -0.000000809. The molecule has 0 spiro atoms. The van der Waals surface area contributed by atoms with Crippen LogP contribution in [0.4, 0.5) is 0 Å². The van der Waals surface area contributed by atoms with Crippen molar-refractivity contribution in [2.75, 3.05) is 7.11 Å². The Morgan fingerprint density at radius 2 is 1.05 bits per heavy atom. The molecule has 0 heterocycles. The molecular weight excluding hydrogens is 264 g/mol. The number of aliphatic hydroxyl groups excluding tert-OH is 1. The van der Waals surface area contributed by atoms with E-state index >= 15 is 0 Å². The highest BCUT2D eigenvalue weighted by molar-refractivity contribution is 5.85. The van der Waals surface area contributed by atoms with Crippen LogP contribution in [0.3, 0.4) is 0 Å². The molecule has 0 aromatic heterocycles. The Morgan fingerprint density at radius 1 is 0.737 bits per heavy atom. The summed E-state index contributed by atoms with van der Waals surface area (Å²) in [6.07, 6.45) is 14.4. The number of aliphatic carboxylic acids is 1. The third-order valence-corrected chi connectivity index (χ3v) is 2.99. The van der Waals surface area contributed by atoms with Crippen LogP contribution in [0.5, 0.6) is 0 Å². The third kappa shape index (κ3) is 27.1. The summed E-state index contributed by atoms with van der Waals surface area (Å²) in [5.74, 6) is -0.657. The zero-order chi connectivity index (χ0) is 14.1. The summed E-state index contributed by atoms with van der Waals surface area (Å²) < 4.78 is 0. The Morgan fingerprint density at radius 3 is 1.37 bits per heavy atom. The first-order chi connectivity index (χ1) is 8.77. The maximum Gasteiger partial charge on any atom is 0.303 e. The molecular formula is C15H33ClO3. The summed E-state index contributed by atoms with van der Waals surface area (Å²) in [5.41, 5.74) is 0. The maximum atomic E-state index is 10.3. The van der Waals surface area contributed by atoms with Crippen LogP contribution in [0.15, 0.2) is 0 Å². The highest BCUT2D eigenvalue weighted by Gasteiger charge is 1.96. The number of carboxylic acid groups (broad SMARTS) is 1. The first kappa shape index (κ1) is 23.8. The first-order valence-corrected chi connectivity index (χ1v) is 7.44. The Kier molecular flexibility index (Phi) is 28.6. The molecule has 19 heavy (non-hydrogen) atoms. The van der Waals surface area contributed by atoms with Crippen molar-refractivity contribution in [2.24, 2.45) is 0 Å². The average Bonchev–Trinajstić information content (AvgIpc) is 2.38. The summed E-state index contributed by atoms with van der Waals surface area (Å²) in [5, 5.41) is 15.5. The fraction of sp³-hybridized carbons (Fsp3) is 0.933. The van der Waals surface area contributed by atoms with Crippen molar-refractivity contribution in [1.29, 1.82) is 0 Å². The van der Waals surface area contributed by atoms with Crippen LogP contribution in [0.2, 0.25) is 0 Å². The van der Waals surface area contributed by atoms with Gasteiger partial charge in [-0.25, -0.2) is 0 Å². The highest BCUT2D eigenvalue weighted by atomic mass is 35.5. The van der Waals surface area contributed by atoms with Gasteiger partial charge >= 0.3 is 5.97 Å². The molecule has 2 N–H and O–H groups in total. The van der Waals surface area contributed by atoms with Crippen LogP contribution >= 0.6 is 12.4 Å². The van der Waals surface area contributed by atoms with E-state index in [2.05, 4.69) is 6.92 Å². The molecule has 0 rings (SSSR count). The van der Waals surface area contributed by atoms with Crippen molar-refractivity contribution in [1.82, 2.24) is 0 Å². The fourth-order valence-corrected chi connectivity index (χ4v) is 1.94. The lowest BCUT2D eigenvalue weighted by molar-refractivity contribution is -0.137. The predicted molar refractivity (Wildman–Crippen MR) is 84.1 cm³/mol. The van der Waals surface area contributed by atoms with Crippen molar-refractivity contribution >= 4 is 18.4 Å². The Labute approximate surface area is 125 Å². The molecule has 0 aliphatic rings. The maximum absolute atomic E-state index is 10.3. The molecule has 0 saturated carbocycles. The zero-order valence-corrected chi connectivity index (χ0v) is 13.5. The molecule has 0 aliphatic heterocycles. The van der Waals surface area contributed by atoms with Gasteiger partial charge in [0.05, 0.1) is 0 Å². The largest absolute Gasteiger partial charge is 0.481 e. The van der Waals surface area contributed by atoms with Crippen molar-refractivity contribution < 1.29 is 15.0 Å². The Hall–Kier alpha value is -0.280. The van der Waals surface area contributed by atoms with Crippen molar-refractivity contribution in [3.8, 4) is 0 Å². The average molecular weight is 297 g/mol. The third-order valence-electron chi connectivity index (χ3n) is 2.99. The molecule has 0 radical (unpaired) electrons. The molecule has 118 valence electrons. The molecule has 0 bridgehead atoms. The highest BCUT2D eigenvalue weighted by Crippen LogP contribution is 2.11. The van der Waals surface area contributed by atoms with Gasteiger partial charge in [-0.3, -0.25) is 4.79 Å². The van der Waals surface area contributed by atoms with E-state index in [0.29, 0.717) is 6.42 Å². The van der Waals surface area contributed by atoms with Crippen molar-refractivity contribution in [3.05, 3.63) is 0 Å². The standard InChI is InChI=1S/C14H28O2.CH4O.ClH/c1-2-3-4-5-6-7-8-9-10-11-12-13-14(15)16;1-2;/h2-13H2,1H3,(H,15,16);2H,1H3;1H. The lowest BCUT2D eigenvalue weighted by Crippen LogP contribution is -1.93. The van der Waals surface area contributed by atoms with Gasteiger partial charge in [0.25, 0.3) is 0 Å². The number of rotatable bonds is 12. The number of unbranched alkanes of at least 4 members (excludes halogenated alkanes) is 10. The first-order valence-electron chi connectivity index (χ1n) is 7.44. The molecule has 0 saturated heterocycles. The van der Waals surface area contributed by atoms with E-state index in [0.717, 1.165) is 20.0 Å².